The number of aryl methyl sites for hydroxylation is 1. The van der Waals surface area contributed by atoms with Crippen LogP contribution >= 0.6 is 0 Å². The Morgan fingerprint density at radius 1 is 1.16 bits per heavy atom. The average Bonchev–Trinajstić information content (AvgIpc) is 2.72. The van der Waals surface area contributed by atoms with E-state index in [2.05, 4.69) is 5.32 Å². The summed E-state index contributed by atoms with van der Waals surface area (Å²) in [5.74, 6) is -0.137. The molecule has 0 spiro atoms. The smallest absolute Gasteiger partial charge is 0.400 e. The van der Waals surface area contributed by atoms with Gasteiger partial charge in [-0.2, -0.15) is 0 Å². The summed E-state index contributed by atoms with van der Waals surface area (Å²) in [6, 6.07) is 5.66. The Hall–Kier alpha value is -1.92. The molecule has 2 rings (SSSR count). The van der Waals surface area contributed by atoms with Crippen LogP contribution in [0, 0.1) is 6.92 Å². The third kappa shape index (κ3) is 4.38. The number of nitrogens with one attached hydrogen (secondary N) is 1. The molecule has 1 N–H and O–H groups in total. The van der Waals surface area contributed by atoms with Gasteiger partial charge in [0.2, 0.25) is 5.91 Å². The summed E-state index contributed by atoms with van der Waals surface area (Å²) in [6.45, 7) is 11.6. The standard InChI is InChI=1S/C19H26BNO4/c1-13-7-8-15(16(9-13)12-22)10-17(11-21-14(2)23)20-24-18(3,4)19(5,6)25-20/h7-10,12H,11H2,1-6H3,(H,21,23). The molecule has 1 aliphatic heterocycles. The van der Waals surface area contributed by atoms with Crippen LogP contribution in [0.3, 0.4) is 0 Å². The van der Waals surface area contributed by atoms with Crippen molar-refractivity contribution in [2.45, 2.75) is 52.7 Å². The van der Waals surface area contributed by atoms with Gasteiger partial charge in [-0.3, -0.25) is 9.59 Å². The summed E-state index contributed by atoms with van der Waals surface area (Å²) in [4.78, 5) is 22.8. The largest absolute Gasteiger partial charge is 0.492 e. The predicted octanol–water partition coefficient (Wildman–Crippen LogP) is 2.96. The number of carbonyl (C=O) groups is 2. The molecule has 1 saturated heterocycles. The van der Waals surface area contributed by atoms with Gasteiger partial charge >= 0.3 is 7.12 Å². The van der Waals surface area contributed by atoms with Crippen molar-refractivity contribution in [1.82, 2.24) is 5.32 Å². The Morgan fingerprint density at radius 3 is 2.28 bits per heavy atom. The van der Waals surface area contributed by atoms with E-state index in [1.54, 1.807) is 0 Å². The Bertz CT molecular complexity index is 693. The van der Waals surface area contributed by atoms with Gasteiger partial charge in [0.25, 0.3) is 0 Å². The third-order valence-electron chi connectivity index (χ3n) is 4.81. The predicted molar refractivity (Wildman–Crippen MR) is 99.3 cm³/mol. The van der Waals surface area contributed by atoms with E-state index in [4.69, 9.17) is 9.31 Å². The minimum atomic E-state index is -0.586. The SMILES string of the molecule is CC(=O)NCC(=Cc1ccc(C)cc1C=O)B1OC(C)(C)C(C)(C)O1. The van der Waals surface area contributed by atoms with Gasteiger partial charge in [0.15, 0.2) is 6.29 Å². The molecule has 0 bridgehead atoms. The fourth-order valence-corrected chi connectivity index (χ4v) is 2.55. The zero-order valence-electron chi connectivity index (χ0n) is 15.8. The zero-order chi connectivity index (χ0) is 18.8. The van der Waals surface area contributed by atoms with Crippen molar-refractivity contribution in [2.24, 2.45) is 0 Å². The molecule has 1 heterocycles. The van der Waals surface area contributed by atoms with Crippen molar-refractivity contribution in [2.75, 3.05) is 6.54 Å². The molecule has 0 unspecified atom stereocenters. The monoisotopic (exact) mass is 343 g/mol. The summed E-state index contributed by atoms with van der Waals surface area (Å²) in [6.07, 6.45) is 2.69. The summed E-state index contributed by atoms with van der Waals surface area (Å²) in [7, 11) is -0.586. The van der Waals surface area contributed by atoms with Gasteiger partial charge in [-0.25, -0.2) is 0 Å². The lowest BCUT2D eigenvalue weighted by Gasteiger charge is -2.32. The van der Waals surface area contributed by atoms with Crippen molar-refractivity contribution in [3.8, 4) is 0 Å². The Kier molecular flexibility index (Phi) is 5.54. The van der Waals surface area contributed by atoms with Crippen LogP contribution in [-0.2, 0) is 14.1 Å². The van der Waals surface area contributed by atoms with Gasteiger partial charge < -0.3 is 14.6 Å². The first kappa shape index (κ1) is 19.4. The van der Waals surface area contributed by atoms with E-state index in [0.717, 1.165) is 22.9 Å². The van der Waals surface area contributed by atoms with E-state index in [1.165, 1.54) is 6.92 Å². The molecular weight excluding hydrogens is 317 g/mol. The number of carbonyl (C=O) groups excluding carboxylic acids is 2. The van der Waals surface area contributed by atoms with Crippen LogP contribution in [0.5, 0.6) is 0 Å². The topological polar surface area (TPSA) is 64.6 Å². The van der Waals surface area contributed by atoms with Crippen molar-refractivity contribution >= 4 is 25.4 Å². The highest BCUT2D eigenvalue weighted by Crippen LogP contribution is 2.38. The van der Waals surface area contributed by atoms with Gasteiger partial charge in [0.05, 0.1) is 11.2 Å². The highest BCUT2D eigenvalue weighted by molar-refractivity contribution is 6.56. The Labute approximate surface area is 149 Å². The molecule has 1 aromatic carbocycles. The molecule has 1 aliphatic rings. The summed E-state index contributed by atoms with van der Waals surface area (Å²) >= 11 is 0. The summed E-state index contributed by atoms with van der Waals surface area (Å²) in [5.41, 5.74) is 2.19. The molecule has 1 aromatic rings. The fraction of sp³-hybridized carbons (Fsp3) is 0.474. The first-order valence-corrected chi connectivity index (χ1v) is 8.42. The molecule has 1 fully saturated rings. The molecule has 134 valence electrons. The third-order valence-corrected chi connectivity index (χ3v) is 4.81. The maximum Gasteiger partial charge on any atom is 0.492 e. The van der Waals surface area contributed by atoms with E-state index in [-0.39, 0.29) is 5.91 Å². The second kappa shape index (κ2) is 7.14. The first-order chi connectivity index (χ1) is 11.6. The van der Waals surface area contributed by atoms with Crippen LogP contribution in [0.4, 0.5) is 0 Å². The minimum absolute atomic E-state index is 0.137. The molecule has 0 atom stereocenters. The molecule has 0 radical (unpaired) electrons. The molecule has 0 aromatic heterocycles. The number of aldehydes is 1. The Morgan fingerprint density at radius 2 is 1.76 bits per heavy atom. The molecule has 25 heavy (non-hydrogen) atoms. The average molecular weight is 343 g/mol. The number of benzene rings is 1. The highest BCUT2D eigenvalue weighted by atomic mass is 16.7. The van der Waals surface area contributed by atoms with Crippen LogP contribution < -0.4 is 5.32 Å². The molecule has 1 amide bonds. The first-order valence-electron chi connectivity index (χ1n) is 8.42. The van der Waals surface area contributed by atoms with Crippen molar-refractivity contribution < 1.29 is 18.9 Å². The minimum Gasteiger partial charge on any atom is -0.400 e. The maximum atomic E-state index is 11.4. The number of hydrogen-bond acceptors (Lipinski definition) is 4. The van der Waals surface area contributed by atoms with E-state index >= 15 is 0 Å². The molecular formula is C19H26BNO4. The van der Waals surface area contributed by atoms with Gasteiger partial charge in [-0.15, -0.1) is 0 Å². The van der Waals surface area contributed by atoms with E-state index in [9.17, 15) is 9.59 Å². The highest BCUT2D eigenvalue weighted by Gasteiger charge is 2.52. The lowest BCUT2D eigenvalue weighted by molar-refractivity contribution is -0.118. The summed E-state index contributed by atoms with van der Waals surface area (Å²) in [5, 5.41) is 2.79. The molecule has 5 nitrogen and oxygen atoms in total. The van der Waals surface area contributed by atoms with Crippen LogP contribution in [0.2, 0.25) is 0 Å². The zero-order valence-corrected chi connectivity index (χ0v) is 15.8. The van der Waals surface area contributed by atoms with Crippen LogP contribution in [0.1, 0.15) is 56.1 Å². The van der Waals surface area contributed by atoms with Crippen molar-refractivity contribution in [3.63, 3.8) is 0 Å². The number of amides is 1. The van der Waals surface area contributed by atoms with Gasteiger partial charge in [-0.05, 0) is 51.7 Å². The number of hydrogen-bond donors (Lipinski definition) is 1. The van der Waals surface area contributed by atoms with Crippen LogP contribution in [0.15, 0.2) is 23.7 Å². The fourth-order valence-electron chi connectivity index (χ4n) is 2.55. The van der Waals surface area contributed by atoms with Crippen LogP contribution in [0.25, 0.3) is 6.08 Å². The Balaban J connectivity index is 2.40. The van der Waals surface area contributed by atoms with Gasteiger partial charge in [-0.1, -0.05) is 23.8 Å². The van der Waals surface area contributed by atoms with E-state index in [0.29, 0.717) is 12.1 Å². The normalized spacial score (nSPS) is 19.0. The van der Waals surface area contributed by atoms with Crippen LogP contribution in [-0.4, -0.2) is 37.1 Å². The van der Waals surface area contributed by atoms with Gasteiger partial charge in [0, 0.05) is 19.0 Å². The maximum absolute atomic E-state index is 11.4. The molecule has 6 heteroatoms. The lowest BCUT2D eigenvalue weighted by Crippen LogP contribution is -2.41. The van der Waals surface area contributed by atoms with E-state index < -0.39 is 18.3 Å². The lowest BCUT2D eigenvalue weighted by atomic mass is 9.76. The van der Waals surface area contributed by atoms with E-state index in [1.807, 2.05) is 58.9 Å². The molecule has 0 saturated carbocycles. The molecule has 0 aliphatic carbocycles. The number of rotatable bonds is 5. The van der Waals surface area contributed by atoms with Crippen molar-refractivity contribution in [1.29, 1.82) is 0 Å². The second-order valence-electron chi connectivity index (χ2n) is 7.47. The second-order valence-corrected chi connectivity index (χ2v) is 7.47. The summed E-state index contributed by atoms with van der Waals surface area (Å²) < 4.78 is 12.2. The van der Waals surface area contributed by atoms with Crippen molar-refractivity contribution in [3.05, 3.63) is 40.4 Å². The quantitative estimate of drug-likeness (QED) is 0.659. The van der Waals surface area contributed by atoms with Gasteiger partial charge in [0.1, 0.15) is 0 Å².